The number of nitrogens with zero attached hydrogens (tertiary/aromatic N) is 1. The molecule has 1 aromatic heterocycles. The molecule has 0 spiro atoms. The quantitative estimate of drug-likeness (QED) is 0.528. The Labute approximate surface area is 63.3 Å². The topological polar surface area (TPSA) is 94.8 Å². The molecule has 0 aliphatic heterocycles. The van der Waals surface area contributed by atoms with Gasteiger partial charge in [-0.3, -0.25) is 0 Å². The van der Waals surface area contributed by atoms with E-state index in [1.165, 1.54) is 12.5 Å². The molecule has 1 heterocycles. The van der Waals surface area contributed by atoms with Crippen molar-refractivity contribution in [3.8, 4) is 0 Å². The monoisotopic (exact) mass is 154 g/mol. The highest BCUT2D eigenvalue weighted by atomic mass is 16.4. The summed E-state index contributed by atoms with van der Waals surface area (Å²) in [7, 11) is 0. The van der Waals surface area contributed by atoms with Gasteiger partial charge in [0.25, 0.3) is 0 Å². The lowest BCUT2D eigenvalue weighted by atomic mass is 10.2. The van der Waals surface area contributed by atoms with E-state index in [2.05, 4.69) is 9.97 Å². The van der Waals surface area contributed by atoms with Gasteiger partial charge in [-0.1, -0.05) is 0 Å². The fraction of sp³-hybridized carbons (Fsp3) is 0.333. The lowest BCUT2D eigenvalue weighted by molar-refractivity contribution is -0.307. The van der Waals surface area contributed by atoms with Gasteiger partial charge in [-0.2, -0.15) is 0 Å². The Balaban J connectivity index is 2.50. The van der Waals surface area contributed by atoms with Gasteiger partial charge < -0.3 is 20.6 Å². The van der Waals surface area contributed by atoms with Gasteiger partial charge in [0.15, 0.2) is 0 Å². The first-order chi connectivity index (χ1) is 5.20. The molecular weight excluding hydrogens is 146 g/mol. The van der Waals surface area contributed by atoms with Crippen LogP contribution in [0.1, 0.15) is 5.69 Å². The van der Waals surface area contributed by atoms with E-state index in [1.807, 2.05) is 0 Å². The molecule has 5 heteroatoms. The molecule has 0 aromatic carbocycles. The summed E-state index contributed by atoms with van der Waals surface area (Å²) in [6.45, 7) is 0. The number of hydrogen-bond acceptors (Lipinski definition) is 4. The molecule has 0 aliphatic rings. The van der Waals surface area contributed by atoms with E-state index in [1.54, 1.807) is 0 Å². The number of nitrogens with one attached hydrogen (secondary N) is 1. The summed E-state index contributed by atoms with van der Waals surface area (Å²) in [6, 6.07) is -0.963. The van der Waals surface area contributed by atoms with Gasteiger partial charge in [-0.05, 0) is 0 Å². The molecule has 1 atom stereocenters. The maximum absolute atomic E-state index is 10.2. The summed E-state index contributed by atoms with van der Waals surface area (Å²) in [6.07, 6.45) is 3.22. The smallest absolute Gasteiger partial charge is 0.0921 e. The molecule has 1 rings (SSSR count). The first kappa shape index (κ1) is 7.74. The molecular formula is C6H8N3O2-. The Morgan fingerprint density at radius 1 is 1.91 bits per heavy atom. The Bertz CT molecular complexity index is 232. The second kappa shape index (κ2) is 3.16. The number of nitrogens with two attached hydrogens (primary N) is 1. The van der Waals surface area contributed by atoms with Crippen LogP contribution < -0.4 is 10.8 Å². The molecule has 0 amide bonds. The zero-order valence-corrected chi connectivity index (χ0v) is 5.78. The van der Waals surface area contributed by atoms with Gasteiger partial charge in [-0.15, -0.1) is 0 Å². The summed E-state index contributed by atoms with van der Waals surface area (Å²) in [5, 5.41) is 10.2. The van der Waals surface area contributed by atoms with Crippen molar-refractivity contribution in [1.29, 1.82) is 0 Å². The number of aromatic amines is 1. The van der Waals surface area contributed by atoms with Gasteiger partial charge in [-0.25, -0.2) is 4.98 Å². The third-order valence-electron chi connectivity index (χ3n) is 1.30. The second-order valence-corrected chi connectivity index (χ2v) is 2.21. The van der Waals surface area contributed by atoms with E-state index in [9.17, 15) is 9.90 Å². The molecule has 0 unspecified atom stereocenters. The summed E-state index contributed by atoms with van der Waals surface area (Å²) >= 11 is 0. The molecule has 0 bridgehead atoms. The minimum absolute atomic E-state index is 0.225. The third-order valence-corrected chi connectivity index (χ3v) is 1.30. The van der Waals surface area contributed by atoms with Crippen molar-refractivity contribution in [3.05, 3.63) is 18.2 Å². The summed E-state index contributed by atoms with van der Waals surface area (Å²) in [5.74, 6) is -1.25. The highest BCUT2D eigenvalue weighted by molar-refractivity contribution is 5.71. The molecule has 0 fully saturated rings. The maximum atomic E-state index is 10.2. The van der Waals surface area contributed by atoms with Crippen LogP contribution in [0.3, 0.4) is 0 Å². The van der Waals surface area contributed by atoms with Crippen LogP contribution in [0.15, 0.2) is 12.5 Å². The van der Waals surface area contributed by atoms with E-state index in [0.29, 0.717) is 5.69 Å². The van der Waals surface area contributed by atoms with Crippen molar-refractivity contribution in [2.45, 2.75) is 12.5 Å². The SMILES string of the molecule is N[C@H](Cc1cnc[nH]1)C(=O)[O-]. The number of aliphatic carboxylic acids is 1. The van der Waals surface area contributed by atoms with Gasteiger partial charge in [0.1, 0.15) is 0 Å². The first-order valence-electron chi connectivity index (χ1n) is 3.14. The van der Waals surface area contributed by atoms with Crippen LogP contribution in [0.4, 0.5) is 0 Å². The van der Waals surface area contributed by atoms with Crippen LogP contribution in [-0.2, 0) is 11.2 Å². The lowest BCUT2D eigenvalue weighted by Crippen LogP contribution is -2.43. The molecule has 0 saturated carbocycles. The van der Waals surface area contributed by atoms with Crippen LogP contribution in [0.25, 0.3) is 0 Å². The first-order valence-corrected chi connectivity index (χ1v) is 3.14. The molecule has 0 radical (unpaired) electrons. The molecule has 1 aromatic rings. The van der Waals surface area contributed by atoms with E-state index >= 15 is 0 Å². The largest absolute Gasteiger partial charge is 0.548 e. The van der Waals surface area contributed by atoms with Gasteiger partial charge in [0.2, 0.25) is 0 Å². The van der Waals surface area contributed by atoms with E-state index in [-0.39, 0.29) is 6.42 Å². The fourth-order valence-electron chi connectivity index (χ4n) is 0.717. The molecule has 3 N–H and O–H groups in total. The molecule has 11 heavy (non-hydrogen) atoms. The van der Waals surface area contributed by atoms with Crippen LogP contribution in [0.5, 0.6) is 0 Å². The van der Waals surface area contributed by atoms with Crippen molar-refractivity contribution in [2.24, 2.45) is 5.73 Å². The molecule has 60 valence electrons. The van der Waals surface area contributed by atoms with Crippen molar-refractivity contribution < 1.29 is 9.90 Å². The standard InChI is InChI=1S/C6H9N3O2/c7-5(6(10)11)1-4-2-8-3-9-4/h2-3,5H,1,7H2,(H,8,9)(H,10,11)/p-1/t5-/m1/s1. The Kier molecular flexibility index (Phi) is 2.22. The number of aromatic nitrogens is 2. The van der Waals surface area contributed by atoms with Crippen molar-refractivity contribution >= 4 is 5.97 Å². The molecule has 5 nitrogen and oxygen atoms in total. The zero-order chi connectivity index (χ0) is 8.27. The normalized spacial score (nSPS) is 12.8. The summed E-state index contributed by atoms with van der Waals surface area (Å²) < 4.78 is 0. The Hall–Kier alpha value is -1.36. The number of rotatable bonds is 3. The van der Waals surface area contributed by atoms with Crippen molar-refractivity contribution in [2.75, 3.05) is 0 Å². The highest BCUT2D eigenvalue weighted by Crippen LogP contribution is 1.94. The number of H-pyrrole nitrogens is 1. The van der Waals surface area contributed by atoms with E-state index in [0.717, 1.165) is 0 Å². The lowest BCUT2D eigenvalue weighted by Gasteiger charge is -2.09. The number of carboxylic acid groups (broad SMARTS) is 1. The number of carbonyl (C=O) groups excluding carboxylic acids is 1. The number of imidazole rings is 1. The average Bonchev–Trinajstić information content (AvgIpc) is 2.39. The molecule has 0 aliphatic carbocycles. The Morgan fingerprint density at radius 3 is 3.09 bits per heavy atom. The fourth-order valence-corrected chi connectivity index (χ4v) is 0.717. The van der Waals surface area contributed by atoms with Gasteiger partial charge in [0, 0.05) is 24.4 Å². The van der Waals surface area contributed by atoms with Crippen molar-refractivity contribution in [1.82, 2.24) is 9.97 Å². The van der Waals surface area contributed by atoms with E-state index < -0.39 is 12.0 Å². The van der Waals surface area contributed by atoms with Crippen LogP contribution in [0, 0.1) is 0 Å². The number of carbonyl (C=O) groups is 1. The minimum atomic E-state index is -1.25. The van der Waals surface area contributed by atoms with Gasteiger partial charge in [0.05, 0.1) is 12.3 Å². The Morgan fingerprint density at radius 2 is 2.64 bits per heavy atom. The summed E-state index contributed by atoms with van der Waals surface area (Å²) in [4.78, 5) is 16.6. The second-order valence-electron chi connectivity index (χ2n) is 2.21. The predicted octanol–water partition coefficient (Wildman–Crippen LogP) is -1.97. The van der Waals surface area contributed by atoms with Crippen LogP contribution in [-0.4, -0.2) is 22.0 Å². The zero-order valence-electron chi connectivity index (χ0n) is 5.78. The average molecular weight is 154 g/mol. The van der Waals surface area contributed by atoms with E-state index in [4.69, 9.17) is 5.73 Å². The maximum Gasteiger partial charge on any atom is 0.0921 e. The van der Waals surface area contributed by atoms with Crippen LogP contribution in [0.2, 0.25) is 0 Å². The summed E-state index contributed by atoms with van der Waals surface area (Å²) in [5.41, 5.74) is 5.89. The van der Waals surface area contributed by atoms with Crippen molar-refractivity contribution in [3.63, 3.8) is 0 Å². The predicted molar refractivity (Wildman–Crippen MR) is 35.3 cm³/mol. The minimum Gasteiger partial charge on any atom is -0.548 e. The number of carboxylic acids is 1. The number of hydrogen-bond donors (Lipinski definition) is 2. The third kappa shape index (κ3) is 2.05. The van der Waals surface area contributed by atoms with Crippen LogP contribution >= 0.6 is 0 Å². The highest BCUT2D eigenvalue weighted by Gasteiger charge is 2.04. The van der Waals surface area contributed by atoms with Gasteiger partial charge >= 0.3 is 0 Å². The molecule has 0 saturated heterocycles.